The van der Waals surface area contributed by atoms with Crippen LogP contribution in [0.3, 0.4) is 0 Å². The number of phenolic OH excluding ortho intramolecular Hbond substituents is 1. The molecule has 0 fully saturated rings. The second-order valence-electron chi connectivity index (χ2n) is 4.67. The lowest BCUT2D eigenvalue weighted by Gasteiger charge is -2.19. The topological polar surface area (TPSA) is 70.6 Å². The lowest BCUT2D eigenvalue weighted by atomic mass is 10.2. The van der Waals surface area contributed by atoms with Gasteiger partial charge in [0.1, 0.15) is 11.5 Å². The van der Waals surface area contributed by atoms with Crippen LogP contribution in [0.2, 0.25) is 0 Å². The van der Waals surface area contributed by atoms with E-state index in [0.29, 0.717) is 18.0 Å². The van der Waals surface area contributed by atoms with Crippen molar-refractivity contribution in [2.45, 2.75) is 6.54 Å². The number of benzene rings is 2. The molecular formula is C15H13BrN2O3. The molecule has 3 N–H and O–H groups in total. The molecule has 5 nitrogen and oxygen atoms in total. The van der Waals surface area contributed by atoms with Crippen LogP contribution in [0.25, 0.3) is 0 Å². The maximum atomic E-state index is 11.3. The molecule has 6 heteroatoms. The molecule has 1 aliphatic heterocycles. The van der Waals surface area contributed by atoms with Crippen LogP contribution in [0.15, 0.2) is 40.9 Å². The van der Waals surface area contributed by atoms with E-state index in [1.165, 1.54) is 0 Å². The van der Waals surface area contributed by atoms with Gasteiger partial charge in [-0.25, -0.2) is 0 Å². The summed E-state index contributed by atoms with van der Waals surface area (Å²) < 4.78 is 6.21. The van der Waals surface area contributed by atoms with E-state index in [2.05, 4.69) is 26.6 Å². The van der Waals surface area contributed by atoms with Crippen molar-refractivity contribution in [1.82, 2.24) is 0 Å². The Labute approximate surface area is 130 Å². The normalized spacial score (nSPS) is 13.1. The molecule has 1 heterocycles. The zero-order chi connectivity index (χ0) is 14.8. The summed E-state index contributed by atoms with van der Waals surface area (Å²) >= 11 is 3.38. The fourth-order valence-electron chi connectivity index (χ4n) is 2.09. The maximum absolute atomic E-state index is 11.3. The van der Waals surface area contributed by atoms with Gasteiger partial charge in [0, 0.05) is 22.3 Å². The Morgan fingerprint density at radius 1 is 1.29 bits per heavy atom. The predicted octanol–water partition coefficient (Wildman–Crippen LogP) is 3.10. The van der Waals surface area contributed by atoms with Crippen molar-refractivity contribution in [2.24, 2.45) is 0 Å². The third-order valence-electron chi connectivity index (χ3n) is 3.14. The van der Waals surface area contributed by atoms with Gasteiger partial charge in [0.15, 0.2) is 6.61 Å². The summed E-state index contributed by atoms with van der Waals surface area (Å²) in [4.78, 5) is 11.3. The molecule has 108 valence electrons. The second kappa shape index (κ2) is 5.65. The number of halogens is 1. The quantitative estimate of drug-likeness (QED) is 0.796. The molecule has 0 saturated heterocycles. The number of nitrogens with one attached hydrogen (secondary N) is 2. The van der Waals surface area contributed by atoms with Crippen LogP contribution in [0, 0.1) is 0 Å². The van der Waals surface area contributed by atoms with Crippen molar-refractivity contribution >= 4 is 33.2 Å². The Morgan fingerprint density at radius 2 is 2.14 bits per heavy atom. The minimum absolute atomic E-state index is 0.0473. The Morgan fingerprint density at radius 3 is 3.00 bits per heavy atom. The van der Waals surface area contributed by atoms with Gasteiger partial charge in [0.25, 0.3) is 5.91 Å². The van der Waals surface area contributed by atoms with Gasteiger partial charge in [-0.05, 0) is 36.4 Å². The lowest BCUT2D eigenvalue weighted by Crippen LogP contribution is -2.25. The molecule has 0 bridgehead atoms. The van der Waals surface area contributed by atoms with Crippen molar-refractivity contribution in [3.05, 3.63) is 46.4 Å². The molecule has 0 aliphatic carbocycles. The predicted molar refractivity (Wildman–Crippen MR) is 83.7 cm³/mol. The number of aromatic hydroxyl groups is 1. The highest BCUT2D eigenvalue weighted by Crippen LogP contribution is 2.31. The van der Waals surface area contributed by atoms with Gasteiger partial charge in [-0.1, -0.05) is 15.9 Å². The number of hydrogen-bond acceptors (Lipinski definition) is 4. The van der Waals surface area contributed by atoms with Crippen molar-refractivity contribution < 1.29 is 14.6 Å². The summed E-state index contributed by atoms with van der Waals surface area (Å²) in [6.07, 6.45) is 0. The van der Waals surface area contributed by atoms with Crippen LogP contribution >= 0.6 is 15.9 Å². The van der Waals surface area contributed by atoms with Crippen molar-refractivity contribution in [3.8, 4) is 11.5 Å². The first-order valence-corrected chi connectivity index (χ1v) is 7.19. The van der Waals surface area contributed by atoms with Gasteiger partial charge < -0.3 is 20.5 Å². The molecule has 2 aromatic rings. The third-order valence-corrected chi connectivity index (χ3v) is 3.63. The Bertz CT molecular complexity index is 703. The number of rotatable bonds is 3. The smallest absolute Gasteiger partial charge is 0.262 e. The van der Waals surface area contributed by atoms with Crippen molar-refractivity contribution in [1.29, 1.82) is 0 Å². The largest absolute Gasteiger partial charge is 0.508 e. The highest BCUT2D eigenvalue weighted by molar-refractivity contribution is 9.10. The van der Waals surface area contributed by atoms with Gasteiger partial charge in [-0.3, -0.25) is 4.79 Å². The van der Waals surface area contributed by atoms with Crippen LogP contribution < -0.4 is 15.4 Å². The molecule has 0 atom stereocenters. The molecule has 1 aliphatic rings. The molecular weight excluding hydrogens is 336 g/mol. The molecule has 0 aromatic heterocycles. The highest BCUT2D eigenvalue weighted by atomic mass is 79.9. The minimum atomic E-state index is -0.163. The fourth-order valence-corrected chi connectivity index (χ4v) is 2.49. The van der Waals surface area contributed by atoms with E-state index in [1.807, 2.05) is 12.1 Å². The average molecular weight is 349 g/mol. The minimum Gasteiger partial charge on any atom is -0.508 e. The van der Waals surface area contributed by atoms with Crippen LogP contribution in [-0.2, 0) is 11.3 Å². The zero-order valence-electron chi connectivity index (χ0n) is 11.0. The van der Waals surface area contributed by atoms with E-state index < -0.39 is 0 Å². The first kappa shape index (κ1) is 13.8. The van der Waals surface area contributed by atoms with Crippen LogP contribution in [0.1, 0.15) is 5.56 Å². The first-order valence-electron chi connectivity index (χ1n) is 6.40. The number of phenols is 1. The molecule has 3 rings (SSSR count). The first-order chi connectivity index (χ1) is 10.1. The summed E-state index contributed by atoms with van der Waals surface area (Å²) in [5.74, 6) is 0.732. The van der Waals surface area contributed by atoms with Crippen LogP contribution in [0.5, 0.6) is 11.5 Å². The maximum Gasteiger partial charge on any atom is 0.262 e. The number of ether oxygens (including phenoxy) is 1. The van der Waals surface area contributed by atoms with E-state index >= 15 is 0 Å². The van der Waals surface area contributed by atoms with E-state index in [1.54, 1.807) is 24.3 Å². The van der Waals surface area contributed by atoms with E-state index in [0.717, 1.165) is 15.7 Å². The van der Waals surface area contributed by atoms with Gasteiger partial charge in [-0.2, -0.15) is 0 Å². The molecule has 0 saturated carbocycles. The van der Waals surface area contributed by atoms with Crippen molar-refractivity contribution in [2.75, 3.05) is 17.2 Å². The molecule has 2 aromatic carbocycles. The standard InChI is InChI=1S/C15H13BrN2O3/c16-10-1-3-13(19)9(5-10)7-17-11-2-4-14-12(6-11)18-15(20)8-21-14/h1-6,17,19H,7-8H2,(H,18,20). The third kappa shape index (κ3) is 3.11. The fraction of sp³-hybridized carbons (Fsp3) is 0.133. The van der Waals surface area contributed by atoms with Gasteiger partial charge in [0.2, 0.25) is 0 Å². The highest BCUT2D eigenvalue weighted by Gasteiger charge is 2.15. The monoisotopic (exact) mass is 348 g/mol. The van der Waals surface area contributed by atoms with Crippen molar-refractivity contribution in [3.63, 3.8) is 0 Å². The number of fused-ring (bicyclic) bond motifs is 1. The summed E-state index contributed by atoms with van der Waals surface area (Å²) in [5.41, 5.74) is 2.26. The van der Waals surface area contributed by atoms with Gasteiger partial charge in [-0.15, -0.1) is 0 Å². The molecule has 0 radical (unpaired) electrons. The zero-order valence-corrected chi connectivity index (χ0v) is 12.6. The molecule has 21 heavy (non-hydrogen) atoms. The molecule has 0 spiro atoms. The number of carbonyl (C=O) groups excluding carboxylic acids is 1. The summed E-state index contributed by atoms with van der Waals surface area (Å²) in [6.45, 7) is 0.518. The average Bonchev–Trinajstić information content (AvgIpc) is 2.47. The van der Waals surface area contributed by atoms with Crippen LogP contribution in [0.4, 0.5) is 11.4 Å². The number of carbonyl (C=O) groups is 1. The van der Waals surface area contributed by atoms with Crippen LogP contribution in [-0.4, -0.2) is 17.6 Å². The van der Waals surface area contributed by atoms with Gasteiger partial charge >= 0.3 is 0 Å². The summed E-state index contributed by atoms with van der Waals surface area (Å²) in [7, 11) is 0. The lowest BCUT2D eigenvalue weighted by molar-refractivity contribution is -0.118. The molecule has 0 unspecified atom stereocenters. The SMILES string of the molecule is O=C1COc2ccc(NCc3cc(Br)ccc3O)cc2N1. The summed E-state index contributed by atoms with van der Waals surface area (Å²) in [6, 6.07) is 10.8. The number of amides is 1. The molecule has 1 amide bonds. The Kier molecular flexibility index (Phi) is 3.70. The Hall–Kier alpha value is -2.21. The van der Waals surface area contributed by atoms with E-state index in [4.69, 9.17) is 4.74 Å². The second-order valence-corrected chi connectivity index (χ2v) is 5.59. The van der Waals surface area contributed by atoms with Gasteiger partial charge in [0.05, 0.1) is 5.69 Å². The van der Waals surface area contributed by atoms with E-state index in [-0.39, 0.29) is 18.3 Å². The summed E-state index contributed by atoms with van der Waals surface area (Å²) in [5, 5.41) is 15.8. The van der Waals surface area contributed by atoms with E-state index in [9.17, 15) is 9.90 Å². The number of hydrogen-bond donors (Lipinski definition) is 3. The number of anilines is 2. The Balaban J connectivity index is 1.75.